The lowest BCUT2D eigenvalue weighted by Crippen LogP contribution is -2.09. The van der Waals surface area contributed by atoms with Gasteiger partial charge in [0.2, 0.25) is 0 Å². The van der Waals surface area contributed by atoms with Gasteiger partial charge in [-0.2, -0.15) is 0 Å². The van der Waals surface area contributed by atoms with Crippen molar-refractivity contribution < 1.29 is 23.8 Å². The van der Waals surface area contributed by atoms with Crippen LogP contribution in [-0.4, -0.2) is 26.0 Å². The first kappa shape index (κ1) is 20.9. The van der Waals surface area contributed by atoms with Crippen LogP contribution < -0.4 is 14.2 Å². The summed E-state index contributed by atoms with van der Waals surface area (Å²) >= 11 is 0. The van der Waals surface area contributed by atoms with Crippen LogP contribution in [0.3, 0.4) is 0 Å². The Kier molecular flexibility index (Phi) is 6.65. The largest absolute Gasteiger partial charge is 0.497 e. The highest BCUT2D eigenvalue weighted by Crippen LogP contribution is 2.29. The van der Waals surface area contributed by atoms with Crippen molar-refractivity contribution in [3.63, 3.8) is 0 Å². The fraction of sp³-hybridized carbons (Fsp3) is 0.120. The molecule has 3 aromatic rings. The van der Waals surface area contributed by atoms with Crippen molar-refractivity contribution in [2.45, 2.75) is 6.92 Å². The number of ether oxygens (including phenoxy) is 3. The minimum atomic E-state index is -0.466. The van der Waals surface area contributed by atoms with Gasteiger partial charge in [-0.1, -0.05) is 29.8 Å². The Morgan fingerprint density at radius 1 is 0.767 bits per heavy atom. The highest BCUT2D eigenvalue weighted by molar-refractivity contribution is 6.06. The maximum atomic E-state index is 12.4. The molecule has 0 N–H and O–H groups in total. The summed E-state index contributed by atoms with van der Waals surface area (Å²) in [7, 11) is 3.07. The predicted octanol–water partition coefficient (Wildman–Crippen LogP) is 5.13. The molecule has 0 aromatic heterocycles. The van der Waals surface area contributed by atoms with Gasteiger partial charge in [-0.05, 0) is 67.1 Å². The second kappa shape index (κ2) is 9.56. The fourth-order valence-corrected chi connectivity index (χ4v) is 2.74. The number of methoxy groups -OCH3 is 2. The topological polar surface area (TPSA) is 61.8 Å². The molecule has 3 aromatic carbocycles. The van der Waals surface area contributed by atoms with Gasteiger partial charge in [0.1, 0.15) is 5.75 Å². The fourth-order valence-electron chi connectivity index (χ4n) is 2.74. The van der Waals surface area contributed by atoms with Crippen molar-refractivity contribution in [3.05, 3.63) is 95.1 Å². The predicted molar refractivity (Wildman–Crippen MR) is 115 cm³/mol. The van der Waals surface area contributed by atoms with E-state index in [2.05, 4.69) is 0 Å². The summed E-state index contributed by atoms with van der Waals surface area (Å²) in [6.07, 6.45) is 3.16. The third kappa shape index (κ3) is 5.14. The zero-order valence-corrected chi connectivity index (χ0v) is 17.0. The van der Waals surface area contributed by atoms with Gasteiger partial charge in [-0.15, -0.1) is 0 Å². The Morgan fingerprint density at radius 3 is 2.07 bits per heavy atom. The van der Waals surface area contributed by atoms with Gasteiger partial charge >= 0.3 is 5.97 Å². The normalized spacial score (nSPS) is 10.6. The molecule has 0 aliphatic heterocycles. The summed E-state index contributed by atoms with van der Waals surface area (Å²) < 4.78 is 15.9. The van der Waals surface area contributed by atoms with Crippen LogP contribution in [0, 0.1) is 6.92 Å². The van der Waals surface area contributed by atoms with Crippen LogP contribution in [0.15, 0.2) is 72.8 Å². The summed E-state index contributed by atoms with van der Waals surface area (Å²) in [6.45, 7) is 1.95. The van der Waals surface area contributed by atoms with Gasteiger partial charge in [0.05, 0.1) is 19.8 Å². The number of carbonyl (C=O) groups excluding carboxylic acids is 2. The average molecular weight is 402 g/mol. The highest BCUT2D eigenvalue weighted by Gasteiger charge is 2.12. The third-order valence-electron chi connectivity index (χ3n) is 4.48. The van der Waals surface area contributed by atoms with Crippen molar-refractivity contribution in [3.8, 4) is 17.2 Å². The molecule has 5 heteroatoms. The molecule has 0 radical (unpaired) electrons. The summed E-state index contributed by atoms with van der Waals surface area (Å²) in [6, 6.07) is 19.1. The lowest BCUT2D eigenvalue weighted by molar-refractivity contribution is 0.0729. The van der Waals surface area contributed by atoms with Crippen LogP contribution in [0.4, 0.5) is 0 Å². The quantitative estimate of drug-likeness (QED) is 0.237. The second-order valence-electron chi connectivity index (χ2n) is 6.59. The number of benzene rings is 3. The highest BCUT2D eigenvalue weighted by atomic mass is 16.6. The second-order valence-corrected chi connectivity index (χ2v) is 6.59. The standard InChI is InChI=1S/C25H22O5/c1-17-4-8-20(9-5-17)25(27)30-23-15-7-18(16-24(23)29-3)6-14-22(26)19-10-12-21(28-2)13-11-19/h4-16H,1-3H3. The van der Waals surface area contributed by atoms with E-state index in [1.54, 1.807) is 67.8 Å². The smallest absolute Gasteiger partial charge is 0.343 e. The number of rotatable bonds is 7. The van der Waals surface area contributed by atoms with E-state index in [1.165, 1.54) is 13.2 Å². The third-order valence-corrected chi connectivity index (χ3v) is 4.48. The Balaban J connectivity index is 1.72. The number of hydrogen-bond donors (Lipinski definition) is 0. The molecule has 0 atom stereocenters. The number of ketones is 1. The lowest BCUT2D eigenvalue weighted by atomic mass is 10.1. The lowest BCUT2D eigenvalue weighted by Gasteiger charge is -2.10. The summed E-state index contributed by atoms with van der Waals surface area (Å²) in [4.78, 5) is 24.7. The summed E-state index contributed by atoms with van der Waals surface area (Å²) in [5.41, 5.74) is 2.81. The molecular weight excluding hydrogens is 380 g/mol. The van der Waals surface area contributed by atoms with Crippen LogP contribution in [-0.2, 0) is 0 Å². The number of esters is 1. The van der Waals surface area contributed by atoms with E-state index in [9.17, 15) is 9.59 Å². The Morgan fingerprint density at radius 2 is 1.43 bits per heavy atom. The molecule has 0 aliphatic rings. The molecule has 152 valence electrons. The van der Waals surface area contributed by atoms with Crippen LogP contribution >= 0.6 is 0 Å². The number of carbonyl (C=O) groups is 2. The minimum Gasteiger partial charge on any atom is -0.497 e. The van der Waals surface area contributed by atoms with Gasteiger partial charge in [0, 0.05) is 5.56 Å². The number of hydrogen-bond acceptors (Lipinski definition) is 5. The molecular formula is C25H22O5. The van der Waals surface area contributed by atoms with Gasteiger partial charge in [-0.25, -0.2) is 4.79 Å². The van der Waals surface area contributed by atoms with E-state index in [-0.39, 0.29) is 5.78 Å². The Bertz CT molecular complexity index is 1060. The molecule has 30 heavy (non-hydrogen) atoms. The van der Waals surface area contributed by atoms with Gasteiger partial charge < -0.3 is 14.2 Å². The zero-order valence-electron chi connectivity index (χ0n) is 17.0. The molecule has 0 unspecified atom stereocenters. The van der Waals surface area contributed by atoms with Crippen molar-refractivity contribution in [2.75, 3.05) is 14.2 Å². The van der Waals surface area contributed by atoms with Crippen LogP contribution in [0.5, 0.6) is 17.2 Å². The molecule has 0 bridgehead atoms. The van der Waals surface area contributed by atoms with Crippen molar-refractivity contribution in [2.24, 2.45) is 0 Å². The van der Waals surface area contributed by atoms with Gasteiger partial charge in [-0.3, -0.25) is 4.79 Å². The Hall–Kier alpha value is -3.86. The monoisotopic (exact) mass is 402 g/mol. The molecule has 0 aliphatic carbocycles. The first-order valence-corrected chi connectivity index (χ1v) is 9.33. The van der Waals surface area contributed by atoms with Gasteiger partial charge in [0.25, 0.3) is 0 Å². The zero-order chi connectivity index (χ0) is 21.5. The number of aryl methyl sites for hydroxylation is 1. The van der Waals surface area contributed by atoms with Crippen molar-refractivity contribution in [1.82, 2.24) is 0 Å². The van der Waals surface area contributed by atoms with E-state index < -0.39 is 5.97 Å². The first-order valence-electron chi connectivity index (χ1n) is 9.33. The van der Waals surface area contributed by atoms with E-state index >= 15 is 0 Å². The molecule has 0 saturated heterocycles. The van der Waals surface area contributed by atoms with Crippen molar-refractivity contribution in [1.29, 1.82) is 0 Å². The SMILES string of the molecule is COc1ccc(C(=O)C=Cc2ccc(OC(=O)c3ccc(C)cc3)c(OC)c2)cc1. The van der Waals surface area contributed by atoms with E-state index in [1.807, 2.05) is 19.1 Å². The van der Waals surface area contributed by atoms with E-state index in [0.29, 0.717) is 28.4 Å². The molecule has 0 fully saturated rings. The molecule has 0 heterocycles. The summed E-state index contributed by atoms with van der Waals surface area (Å²) in [5.74, 6) is 0.796. The van der Waals surface area contributed by atoms with Crippen molar-refractivity contribution >= 4 is 17.8 Å². The molecule has 0 spiro atoms. The number of allylic oxidation sites excluding steroid dienone is 1. The maximum Gasteiger partial charge on any atom is 0.343 e. The summed E-state index contributed by atoms with van der Waals surface area (Å²) in [5, 5.41) is 0. The minimum absolute atomic E-state index is 0.133. The molecule has 0 amide bonds. The molecule has 3 rings (SSSR count). The van der Waals surface area contributed by atoms with E-state index in [0.717, 1.165) is 11.1 Å². The van der Waals surface area contributed by atoms with Crippen LogP contribution in [0.25, 0.3) is 6.08 Å². The van der Waals surface area contributed by atoms with Crippen LogP contribution in [0.1, 0.15) is 31.8 Å². The molecule has 0 saturated carbocycles. The Labute approximate surface area is 175 Å². The van der Waals surface area contributed by atoms with E-state index in [4.69, 9.17) is 14.2 Å². The maximum absolute atomic E-state index is 12.4. The van der Waals surface area contributed by atoms with Gasteiger partial charge in [0.15, 0.2) is 17.3 Å². The average Bonchev–Trinajstić information content (AvgIpc) is 2.78. The first-order chi connectivity index (χ1) is 14.5. The van der Waals surface area contributed by atoms with Crippen LogP contribution in [0.2, 0.25) is 0 Å². The molecule has 5 nitrogen and oxygen atoms in total.